The van der Waals surface area contributed by atoms with Crippen molar-refractivity contribution >= 4 is 17.3 Å². The molecule has 0 atom stereocenters. The second-order valence-electron chi connectivity index (χ2n) is 5.22. The van der Waals surface area contributed by atoms with Crippen molar-refractivity contribution in [3.8, 4) is 5.75 Å². The molecule has 23 heavy (non-hydrogen) atoms. The van der Waals surface area contributed by atoms with Crippen LogP contribution in [0.4, 0.5) is 11.4 Å². The van der Waals surface area contributed by atoms with Crippen molar-refractivity contribution in [1.29, 1.82) is 0 Å². The number of ether oxygens (including phenoxy) is 1. The molecule has 5 nitrogen and oxygen atoms in total. The van der Waals surface area contributed by atoms with Crippen LogP contribution in [0.15, 0.2) is 42.6 Å². The van der Waals surface area contributed by atoms with Crippen molar-refractivity contribution < 1.29 is 9.53 Å². The molecule has 0 aliphatic rings. The first-order valence-corrected chi connectivity index (χ1v) is 7.89. The van der Waals surface area contributed by atoms with Crippen LogP contribution in [0.2, 0.25) is 0 Å². The van der Waals surface area contributed by atoms with Crippen LogP contribution in [0.1, 0.15) is 36.7 Å². The molecule has 1 heterocycles. The number of rotatable bonds is 8. The summed E-state index contributed by atoms with van der Waals surface area (Å²) < 4.78 is 5.23. The fraction of sp³-hybridized carbons (Fsp3) is 0.333. The summed E-state index contributed by atoms with van der Waals surface area (Å²) in [7, 11) is 1.57. The predicted octanol–water partition coefficient (Wildman–Crippen LogP) is 3.94. The van der Waals surface area contributed by atoms with E-state index in [4.69, 9.17) is 4.74 Å². The fourth-order valence-electron chi connectivity index (χ4n) is 2.21. The maximum atomic E-state index is 12.4. The van der Waals surface area contributed by atoms with E-state index in [-0.39, 0.29) is 5.91 Å². The molecule has 0 aliphatic carbocycles. The van der Waals surface area contributed by atoms with Gasteiger partial charge < -0.3 is 15.4 Å². The third-order valence-corrected chi connectivity index (χ3v) is 3.46. The Morgan fingerprint density at radius 3 is 2.83 bits per heavy atom. The Bertz CT molecular complexity index is 644. The van der Waals surface area contributed by atoms with Crippen LogP contribution >= 0.6 is 0 Å². The first kappa shape index (κ1) is 16.8. The quantitative estimate of drug-likeness (QED) is 0.724. The lowest BCUT2D eigenvalue weighted by molar-refractivity contribution is 0.102. The molecule has 0 saturated heterocycles. The number of benzene rings is 1. The van der Waals surface area contributed by atoms with Crippen molar-refractivity contribution in [2.45, 2.75) is 26.2 Å². The average molecular weight is 313 g/mol. The summed E-state index contributed by atoms with van der Waals surface area (Å²) in [5, 5.41) is 6.14. The van der Waals surface area contributed by atoms with Crippen LogP contribution in [0.3, 0.4) is 0 Å². The highest BCUT2D eigenvalue weighted by Crippen LogP contribution is 2.23. The second kappa shape index (κ2) is 8.78. The van der Waals surface area contributed by atoms with E-state index in [2.05, 4.69) is 22.5 Å². The summed E-state index contributed by atoms with van der Waals surface area (Å²) in [5.41, 5.74) is 1.90. The number of nitrogens with one attached hydrogen (secondary N) is 2. The van der Waals surface area contributed by atoms with Gasteiger partial charge in [0.25, 0.3) is 5.91 Å². The van der Waals surface area contributed by atoms with Crippen LogP contribution in [-0.4, -0.2) is 24.5 Å². The minimum Gasteiger partial charge on any atom is -0.495 e. The average Bonchev–Trinajstić information content (AvgIpc) is 2.59. The molecule has 0 radical (unpaired) electrons. The van der Waals surface area contributed by atoms with Gasteiger partial charge in [-0.25, -0.2) is 0 Å². The predicted molar refractivity (Wildman–Crippen MR) is 93.2 cm³/mol. The number of methoxy groups -OCH3 is 1. The van der Waals surface area contributed by atoms with Gasteiger partial charge in [0.1, 0.15) is 11.4 Å². The summed E-state index contributed by atoms with van der Waals surface area (Å²) in [6.07, 6.45) is 5.13. The zero-order valence-electron chi connectivity index (χ0n) is 13.6. The molecule has 0 saturated carbocycles. The number of unbranched alkanes of at least 4 members (excludes halogenated alkanes) is 2. The number of carbonyl (C=O) groups excluding carboxylic acids is 1. The van der Waals surface area contributed by atoms with Gasteiger partial charge in [-0.2, -0.15) is 0 Å². The number of anilines is 2. The van der Waals surface area contributed by atoms with Gasteiger partial charge >= 0.3 is 0 Å². The summed E-state index contributed by atoms with van der Waals surface area (Å²) >= 11 is 0. The van der Waals surface area contributed by atoms with Crippen molar-refractivity contribution in [2.24, 2.45) is 0 Å². The van der Waals surface area contributed by atoms with Gasteiger partial charge in [-0.1, -0.05) is 31.9 Å². The van der Waals surface area contributed by atoms with Gasteiger partial charge in [-0.05, 0) is 30.7 Å². The molecule has 2 aromatic rings. The number of pyridine rings is 1. The molecule has 1 amide bonds. The van der Waals surface area contributed by atoms with E-state index in [0.717, 1.165) is 18.7 Å². The van der Waals surface area contributed by atoms with Crippen LogP contribution in [0.25, 0.3) is 0 Å². The summed E-state index contributed by atoms with van der Waals surface area (Å²) in [6, 6.07) is 10.9. The zero-order valence-corrected chi connectivity index (χ0v) is 13.6. The number of nitrogens with zero attached hydrogens (tertiary/aromatic N) is 1. The van der Waals surface area contributed by atoms with Gasteiger partial charge in [0, 0.05) is 18.4 Å². The first-order chi connectivity index (χ1) is 11.2. The van der Waals surface area contributed by atoms with E-state index in [1.165, 1.54) is 12.8 Å². The SMILES string of the molecule is CCCCCNc1ccnc(C(=O)Nc2ccccc2OC)c1. The molecule has 2 N–H and O–H groups in total. The van der Waals surface area contributed by atoms with Crippen molar-refractivity contribution in [3.05, 3.63) is 48.3 Å². The Balaban J connectivity index is 2.02. The minimum absolute atomic E-state index is 0.258. The largest absolute Gasteiger partial charge is 0.495 e. The molecule has 0 bridgehead atoms. The number of aromatic nitrogens is 1. The molecule has 0 unspecified atom stereocenters. The minimum atomic E-state index is -0.258. The van der Waals surface area contributed by atoms with Gasteiger partial charge in [0.05, 0.1) is 12.8 Å². The van der Waals surface area contributed by atoms with Crippen LogP contribution in [0.5, 0.6) is 5.75 Å². The van der Waals surface area contributed by atoms with E-state index in [1.54, 1.807) is 31.5 Å². The summed E-state index contributed by atoms with van der Waals surface area (Å²) in [6.45, 7) is 3.07. The highest BCUT2D eigenvalue weighted by atomic mass is 16.5. The Morgan fingerprint density at radius 2 is 2.04 bits per heavy atom. The second-order valence-corrected chi connectivity index (χ2v) is 5.22. The Labute approximate surface area is 137 Å². The Morgan fingerprint density at radius 1 is 1.22 bits per heavy atom. The molecule has 0 fully saturated rings. The monoisotopic (exact) mass is 313 g/mol. The van der Waals surface area contributed by atoms with Crippen molar-refractivity contribution in [1.82, 2.24) is 4.98 Å². The lowest BCUT2D eigenvalue weighted by Gasteiger charge is -2.10. The first-order valence-electron chi connectivity index (χ1n) is 7.89. The zero-order chi connectivity index (χ0) is 16.5. The van der Waals surface area contributed by atoms with E-state index in [9.17, 15) is 4.79 Å². The smallest absolute Gasteiger partial charge is 0.274 e. The van der Waals surface area contributed by atoms with Crippen LogP contribution in [0, 0.1) is 0 Å². The molecular formula is C18H23N3O2. The number of amides is 1. The van der Waals surface area contributed by atoms with Gasteiger partial charge in [0.15, 0.2) is 0 Å². The number of para-hydroxylation sites is 2. The summed E-state index contributed by atoms with van der Waals surface area (Å²) in [4.78, 5) is 16.5. The lowest BCUT2D eigenvalue weighted by Crippen LogP contribution is -2.14. The van der Waals surface area contributed by atoms with E-state index < -0.39 is 0 Å². The third kappa shape index (κ3) is 4.98. The molecule has 1 aromatic carbocycles. The van der Waals surface area contributed by atoms with Gasteiger partial charge in [0.2, 0.25) is 0 Å². The Kier molecular flexibility index (Phi) is 6.41. The van der Waals surface area contributed by atoms with Crippen LogP contribution in [-0.2, 0) is 0 Å². The van der Waals surface area contributed by atoms with E-state index >= 15 is 0 Å². The number of carbonyl (C=O) groups is 1. The third-order valence-electron chi connectivity index (χ3n) is 3.46. The molecule has 2 rings (SSSR count). The Hall–Kier alpha value is -2.56. The van der Waals surface area contributed by atoms with Crippen molar-refractivity contribution in [3.63, 3.8) is 0 Å². The topological polar surface area (TPSA) is 63.2 Å². The molecule has 5 heteroatoms. The number of hydrogen-bond acceptors (Lipinski definition) is 4. The van der Waals surface area contributed by atoms with E-state index in [0.29, 0.717) is 17.1 Å². The fourth-order valence-corrected chi connectivity index (χ4v) is 2.21. The maximum absolute atomic E-state index is 12.4. The number of hydrogen-bond donors (Lipinski definition) is 2. The molecule has 1 aromatic heterocycles. The standard InChI is InChI=1S/C18H23N3O2/c1-3-4-7-11-19-14-10-12-20-16(13-14)18(22)21-15-8-5-6-9-17(15)23-2/h5-6,8-10,12-13H,3-4,7,11H2,1-2H3,(H,19,20)(H,21,22). The lowest BCUT2D eigenvalue weighted by atomic mass is 10.2. The van der Waals surface area contributed by atoms with Crippen LogP contribution < -0.4 is 15.4 Å². The normalized spacial score (nSPS) is 10.2. The highest BCUT2D eigenvalue weighted by Gasteiger charge is 2.11. The summed E-state index contributed by atoms with van der Waals surface area (Å²) in [5.74, 6) is 0.362. The molecule has 0 aliphatic heterocycles. The molecule has 0 spiro atoms. The maximum Gasteiger partial charge on any atom is 0.274 e. The molecular weight excluding hydrogens is 290 g/mol. The van der Waals surface area contributed by atoms with Crippen molar-refractivity contribution in [2.75, 3.05) is 24.3 Å². The molecule has 122 valence electrons. The van der Waals surface area contributed by atoms with Gasteiger partial charge in [-0.3, -0.25) is 9.78 Å². The highest BCUT2D eigenvalue weighted by molar-refractivity contribution is 6.04. The van der Waals surface area contributed by atoms with Gasteiger partial charge in [-0.15, -0.1) is 0 Å². The van der Waals surface area contributed by atoms with E-state index in [1.807, 2.05) is 18.2 Å².